The van der Waals surface area contributed by atoms with Crippen LogP contribution < -0.4 is 15.8 Å². The van der Waals surface area contributed by atoms with Crippen LogP contribution in [0.25, 0.3) is 0 Å². The van der Waals surface area contributed by atoms with E-state index in [-0.39, 0.29) is 23.4 Å². The molecule has 0 unspecified atom stereocenters. The average Bonchev–Trinajstić information content (AvgIpc) is 2.70. The van der Waals surface area contributed by atoms with E-state index in [0.717, 1.165) is 44.5 Å². The zero-order valence-corrected chi connectivity index (χ0v) is 15.7. The molecule has 1 fully saturated rings. The first-order valence-electron chi connectivity index (χ1n) is 9.79. The first-order valence-corrected chi connectivity index (χ1v) is 9.79. The molecule has 1 aromatic heterocycles. The monoisotopic (exact) mass is 366 g/mol. The van der Waals surface area contributed by atoms with Crippen LogP contribution in [0.5, 0.6) is 0 Å². The van der Waals surface area contributed by atoms with E-state index in [9.17, 15) is 9.59 Å². The number of hydrogen-bond acceptors (Lipinski definition) is 4. The second-order valence-corrected chi connectivity index (χ2v) is 7.59. The topological polar surface area (TPSA) is 67.2 Å². The maximum atomic E-state index is 13.0. The lowest BCUT2D eigenvalue weighted by Crippen LogP contribution is -2.45. The molecule has 1 aliphatic heterocycles. The fourth-order valence-electron chi connectivity index (χ4n) is 4.25. The average molecular weight is 366 g/mol. The number of carbonyl (C=O) groups excluding carboxylic acids is 1. The van der Waals surface area contributed by atoms with Crippen molar-refractivity contribution in [3.63, 3.8) is 0 Å². The zero-order valence-electron chi connectivity index (χ0n) is 15.7. The van der Waals surface area contributed by atoms with Crippen LogP contribution in [-0.4, -0.2) is 28.8 Å². The molecule has 2 atom stereocenters. The highest BCUT2D eigenvalue weighted by molar-refractivity contribution is 5.80. The van der Waals surface area contributed by atoms with Gasteiger partial charge in [-0.25, -0.2) is 4.68 Å². The summed E-state index contributed by atoms with van der Waals surface area (Å²) in [7, 11) is 1.65. The van der Waals surface area contributed by atoms with Crippen LogP contribution in [0.3, 0.4) is 0 Å². The Labute approximate surface area is 159 Å². The molecule has 1 aromatic carbocycles. The number of nitrogens with zero attached hydrogens (tertiary/aromatic N) is 3. The summed E-state index contributed by atoms with van der Waals surface area (Å²) in [5.74, 6) is 0.843. The minimum atomic E-state index is -0.124. The highest BCUT2D eigenvalue weighted by Crippen LogP contribution is 2.30. The van der Waals surface area contributed by atoms with E-state index in [4.69, 9.17) is 0 Å². The van der Waals surface area contributed by atoms with Gasteiger partial charge < -0.3 is 10.2 Å². The Kier molecular flexibility index (Phi) is 4.97. The summed E-state index contributed by atoms with van der Waals surface area (Å²) in [4.78, 5) is 26.6. The van der Waals surface area contributed by atoms with Crippen LogP contribution >= 0.6 is 0 Å². The molecular formula is C21H26N4O2. The molecule has 0 radical (unpaired) electrons. The Morgan fingerprint density at radius 2 is 2.00 bits per heavy atom. The van der Waals surface area contributed by atoms with Crippen molar-refractivity contribution in [2.45, 2.75) is 38.1 Å². The van der Waals surface area contributed by atoms with Crippen LogP contribution in [0.15, 0.2) is 41.2 Å². The molecule has 6 heteroatoms. The van der Waals surface area contributed by atoms with Crippen molar-refractivity contribution in [3.05, 3.63) is 57.9 Å². The van der Waals surface area contributed by atoms with Gasteiger partial charge in [-0.15, -0.1) is 0 Å². The summed E-state index contributed by atoms with van der Waals surface area (Å²) in [6, 6.07) is 11.8. The number of anilines is 1. The van der Waals surface area contributed by atoms with Crippen molar-refractivity contribution in [2.24, 2.45) is 13.0 Å². The summed E-state index contributed by atoms with van der Waals surface area (Å²) < 4.78 is 1.35. The van der Waals surface area contributed by atoms with E-state index >= 15 is 0 Å². The van der Waals surface area contributed by atoms with E-state index in [0.29, 0.717) is 6.54 Å². The molecule has 2 aliphatic rings. The van der Waals surface area contributed by atoms with Crippen LogP contribution in [0.1, 0.15) is 42.9 Å². The van der Waals surface area contributed by atoms with E-state index in [1.165, 1.54) is 21.9 Å². The van der Waals surface area contributed by atoms with E-state index < -0.39 is 0 Å². The van der Waals surface area contributed by atoms with Crippen LogP contribution in [-0.2, 0) is 18.3 Å². The number of fused-ring (bicyclic) bond motifs is 1. The fourth-order valence-corrected chi connectivity index (χ4v) is 4.25. The number of hydrogen-bond donors (Lipinski definition) is 1. The predicted molar refractivity (Wildman–Crippen MR) is 105 cm³/mol. The molecular weight excluding hydrogens is 340 g/mol. The third-order valence-electron chi connectivity index (χ3n) is 5.75. The molecule has 142 valence electrons. The minimum absolute atomic E-state index is 0.0492. The van der Waals surface area contributed by atoms with Gasteiger partial charge in [-0.2, -0.15) is 5.10 Å². The molecule has 27 heavy (non-hydrogen) atoms. The quantitative estimate of drug-likeness (QED) is 0.904. The van der Waals surface area contributed by atoms with Crippen LogP contribution in [0.2, 0.25) is 0 Å². The zero-order chi connectivity index (χ0) is 18.8. The molecule has 2 aromatic rings. The van der Waals surface area contributed by atoms with Gasteiger partial charge in [0.25, 0.3) is 5.56 Å². The lowest BCUT2D eigenvalue weighted by atomic mass is 9.87. The lowest BCUT2D eigenvalue weighted by molar-refractivity contribution is -0.126. The first kappa shape index (κ1) is 17.8. The number of benzene rings is 1. The van der Waals surface area contributed by atoms with Crippen molar-refractivity contribution in [1.29, 1.82) is 0 Å². The van der Waals surface area contributed by atoms with E-state index in [2.05, 4.69) is 39.6 Å². The second kappa shape index (κ2) is 7.55. The number of aromatic nitrogens is 2. The van der Waals surface area contributed by atoms with Crippen molar-refractivity contribution < 1.29 is 4.79 Å². The maximum absolute atomic E-state index is 13.0. The molecule has 0 saturated carbocycles. The van der Waals surface area contributed by atoms with Crippen molar-refractivity contribution in [3.8, 4) is 0 Å². The Morgan fingerprint density at radius 3 is 2.85 bits per heavy atom. The number of rotatable bonds is 3. The normalized spacial score (nSPS) is 22.2. The summed E-state index contributed by atoms with van der Waals surface area (Å²) in [6.07, 6.45) is 5.05. The predicted octanol–water partition coefficient (Wildman–Crippen LogP) is 2.19. The molecule has 1 N–H and O–H groups in total. The molecule has 0 spiro atoms. The van der Waals surface area contributed by atoms with Gasteiger partial charge in [-0.1, -0.05) is 24.3 Å². The van der Waals surface area contributed by atoms with Gasteiger partial charge >= 0.3 is 0 Å². The van der Waals surface area contributed by atoms with E-state index in [1.807, 2.05) is 0 Å². The number of nitrogens with one attached hydrogen (secondary N) is 1. The van der Waals surface area contributed by atoms with Gasteiger partial charge in [0.1, 0.15) is 5.82 Å². The van der Waals surface area contributed by atoms with Crippen molar-refractivity contribution in [1.82, 2.24) is 15.1 Å². The van der Waals surface area contributed by atoms with Crippen molar-refractivity contribution >= 4 is 11.7 Å². The Bertz CT molecular complexity index is 892. The van der Waals surface area contributed by atoms with Gasteiger partial charge in [-0.05, 0) is 49.3 Å². The van der Waals surface area contributed by atoms with Crippen LogP contribution in [0.4, 0.5) is 5.82 Å². The molecule has 2 heterocycles. The van der Waals surface area contributed by atoms with Crippen molar-refractivity contribution in [2.75, 3.05) is 18.0 Å². The Balaban J connectivity index is 1.45. The fraction of sp³-hybridized carbons (Fsp3) is 0.476. The standard InChI is InChI=1S/C21H26N4O2/c1-24-20(26)12-11-19(23-24)25-13-5-8-16(14-25)21(27)22-18-10-4-7-15-6-2-3-9-17(15)18/h2-3,6,9,11-12,16,18H,4-5,7-8,10,13-14H2,1H3,(H,22,27)/t16-,18+/m0/s1. The lowest BCUT2D eigenvalue weighted by Gasteiger charge is -2.34. The molecule has 6 nitrogen and oxygen atoms in total. The molecule has 1 aliphatic carbocycles. The first-order chi connectivity index (χ1) is 13.1. The molecule has 0 bridgehead atoms. The van der Waals surface area contributed by atoms with Crippen LogP contribution in [0, 0.1) is 5.92 Å². The Hall–Kier alpha value is -2.63. The minimum Gasteiger partial charge on any atom is -0.354 e. The maximum Gasteiger partial charge on any atom is 0.266 e. The van der Waals surface area contributed by atoms with Gasteiger partial charge in [0, 0.05) is 26.2 Å². The summed E-state index contributed by atoms with van der Waals surface area (Å²) >= 11 is 0. The highest BCUT2D eigenvalue weighted by atomic mass is 16.2. The molecule has 1 saturated heterocycles. The van der Waals surface area contributed by atoms with Gasteiger partial charge in [0.15, 0.2) is 0 Å². The summed E-state index contributed by atoms with van der Waals surface area (Å²) in [5.41, 5.74) is 2.50. The number of amides is 1. The second-order valence-electron chi connectivity index (χ2n) is 7.59. The third-order valence-corrected chi connectivity index (χ3v) is 5.75. The Morgan fingerprint density at radius 1 is 1.15 bits per heavy atom. The van der Waals surface area contributed by atoms with E-state index in [1.54, 1.807) is 13.1 Å². The van der Waals surface area contributed by atoms with Gasteiger partial charge in [0.05, 0.1) is 12.0 Å². The molecule has 1 amide bonds. The summed E-state index contributed by atoms with van der Waals surface area (Å²) in [6.45, 7) is 1.51. The van der Waals surface area contributed by atoms with Gasteiger partial charge in [-0.3, -0.25) is 9.59 Å². The number of carbonyl (C=O) groups is 1. The summed E-state index contributed by atoms with van der Waals surface area (Å²) in [5, 5.41) is 7.63. The van der Waals surface area contributed by atoms with Gasteiger partial charge in [0.2, 0.25) is 5.91 Å². The third kappa shape index (κ3) is 3.75. The largest absolute Gasteiger partial charge is 0.354 e. The number of piperidine rings is 1. The smallest absolute Gasteiger partial charge is 0.266 e. The molecule has 4 rings (SSSR count). The SMILES string of the molecule is Cn1nc(N2CCC[C@H](C(=O)N[C@@H]3CCCc4ccccc43)C2)ccc1=O. The number of aryl methyl sites for hydroxylation is 2. The highest BCUT2D eigenvalue weighted by Gasteiger charge is 2.29.